The Balaban J connectivity index is 3.11. The molecule has 0 bridgehead atoms. The average molecular weight is 213 g/mol. The lowest BCUT2D eigenvalue weighted by Gasteiger charge is -2.12. The number of halogens is 1. The van der Waals surface area contributed by atoms with Crippen LogP contribution in [-0.4, -0.2) is 13.2 Å². The number of rotatable bonds is 5. The van der Waals surface area contributed by atoms with Gasteiger partial charge in [0.2, 0.25) is 0 Å². The van der Waals surface area contributed by atoms with Crippen molar-refractivity contribution in [3.8, 4) is 11.5 Å². The van der Waals surface area contributed by atoms with Crippen LogP contribution in [0.15, 0.2) is 12.1 Å². The van der Waals surface area contributed by atoms with Gasteiger partial charge in [-0.3, -0.25) is 0 Å². The Bertz CT molecular complexity index is 326. The highest BCUT2D eigenvalue weighted by molar-refractivity contribution is 5.44. The molecular formula is C11H14FO3. The lowest BCUT2D eigenvalue weighted by atomic mass is 10.2. The third-order valence-electron chi connectivity index (χ3n) is 1.88. The number of ether oxygens (including phenoxy) is 2. The van der Waals surface area contributed by atoms with Gasteiger partial charge in [-0.2, -0.15) is 0 Å². The minimum absolute atomic E-state index is 0.0349. The van der Waals surface area contributed by atoms with E-state index in [1.807, 2.05) is 0 Å². The molecule has 0 N–H and O–H groups in total. The Labute approximate surface area is 88.4 Å². The van der Waals surface area contributed by atoms with Gasteiger partial charge in [-0.1, -0.05) is 0 Å². The molecule has 15 heavy (non-hydrogen) atoms. The molecule has 0 aliphatic rings. The molecule has 0 spiro atoms. The summed E-state index contributed by atoms with van der Waals surface area (Å²) in [5.74, 6) is -0.237. The predicted octanol–water partition coefficient (Wildman–Crippen LogP) is 2.55. The summed E-state index contributed by atoms with van der Waals surface area (Å²) in [6, 6.07) is 2.99. The van der Waals surface area contributed by atoms with E-state index in [4.69, 9.17) is 9.47 Å². The Morgan fingerprint density at radius 1 is 1.20 bits per heavy atom. The molecule has 1 aromatic carbocycles. The predicted molar refractivity (Wildman–Crippen MR) is 53.1 cm³/mol. The molecular weight excluding hydrogens is 199 g/mol. The Kier molecular flexibility index (Phi) is 4.37. The van der Waals surface area contributed by atoms with Gasteiger partial charge in [0.15, 0.2) is 17.3 Å². The van der Waals surface area contributed by atoms with Crippen molar-refractivity contribution in [2.45, 2.75) is 20.5 Å². The van der Waals surface area contributed by atoms with Crippen LogP contribution < -0.4 is 9.47 Å². The molecule has 0 amide bonds. The highest BCUT2D eigenvalue weighted by atomic mass is 19.1. The van der Waals surface area contributed by atoms with Crippen LogP contribution >= 0.6 is 0 Å². The standard InChI is InChI=1S/C11H14FO3/c1-3-14-9-6-5-8(7-13)10(12)11(9)15-4-2/h5-6H,3-4,7H2,1-2H3. The molecule has 1 aromatic rings. The van der Waals surface area contributed by atoms with E-state index < -0.39 is 12.4 Å². The molecule has 0 atom stereocenters. The molecule has 0 saturated carbocycles. The molecule has 0 aromatic heterocycles. The van der Waals surface area contributed by atoms with Crippen LogP contribution in [0.3, 0.4) is 0 Å². The first kappa shape index (κ1) is 11.8. The monoisotopic (exact) mass is 213 g/mol. The zero-order chi connectivity index (χ0) is 11.3. The Hall–Kier alpha value is -1.29. The van der Waals surface area contributed by atoms with Gasteiger partial charge >= 0.3 is 0 Å². The van der Waals surface area contributed by atoms with E-state index in [2.05, 4.69) is 0 Å². The van der Waals surface area contributed by atoms with Gasteiger partial charge in [0.25, 0.3) is 0 Å². The van der Waals surface area contributed by atoms with Crippen LogP contribution in [0, 0.1) is 5.82 Å². The zero-order valence-corrected chi connectivity index (χ0v) is 8.88. The molecule has 1 radical (unpaired) electrons. The van der Waals surface area contributed by atoms with Crippen LogP contribution in [0.5, 0.6) is 11.5 Å². The SMILES string of the molecule is CCOc1ccc(C[O])c(F)c1OCC. The lowest BCUT2D eigenvalue weighted by molar-refractivity contribution is 0.172. The number of hydrogen-bond donors (Lipinski definition) is 0. The Morgan fingerprint density at radius 2 is 1.87 bits per heavy atom. The summed E-state index contributed by atoms with van der Waals surface area (Å²) in [6.07, 6.45) is 0. The fourth-order valence-corrected chi connectivity index (χ4v) is 1.24. The van der Waals surface area contributed by atoms with Gasteiger partial charge in [-0.15, -0.1) is 0 Å². The van der Waals surface area contributed by atoms with Crippen molar-refractivity contribution in [2.24, 2.45) is 0 Å². The molecule has 3 nitrogen and oxygen atoms in total. The maximum Gasteiger partial charge on any atom is 0.197 e. The molecule has 0 fully saturated rings. The smallest absolute Gasteiger partial charge is 0.197 e. The van der Waals surface area contributed by atoms with E-state index in [1.54, 1.807) is 19.9 Å². The molecule has 0 saturated heterocycles. The van der Waals surface area contributed by atoms with E-state index in [-0.39, 0.29) is 11.3 Å². The molecule has 0 heterocycles. The molecule has 0 unspecified atom stereocenters. The van der Waals surface area contributed by atoms with Crippen LogP contribution in [0.25, 0.3) is 0 Å². The second-order valence-electron chi connectivity index (χ2n) is 2.88. The fourth-order valence-electron chi connectivity index (χ4n) is 1.24. The average Bonchev–Trinajstić information content (AvgIpc) is 2.24. The topological polar surface area (TPSA) is 38.4 Å². The van der Waals surface area contributed by atoms with Crippen molar-refractivity contribution in [2.75, 3.05) is 13.2 Å². The van der Waals surface area contributed by atoms with E-state index in [1.165, 1.54) is 6.07 Å². The summed E-state index contributed by atoms with van der Waals surface area (Å²) in [5, 5.41) is 10.6. The van der Waals surface area contributed by atoms with E-state index in [0.29, 0.717) is 19.0 Å². The molecule has 0 aliphatic heterocycles. The van der Waals surface area contributed by atoms with Crippen molar-refractivity contribution in [3.05, 3.63) is 23.5 Å². The van der Waals surface area contributed by atoms with Crippen molar-refractivity contribution in [1.29, 1.82) is 0 Å². The summed E-state index contributed by atoms with van der Waals surface area (Å²) >= 11 is 0. The van der Waals surface area contributed by atoms with Crippen molar-refractivity contribution >= 4 is 0 Å². The third kappa shape index (κ3) is 2.59. The second-order valence-corrected chi connectivity index (χ2v) is 2.88. The van der Waals surface area contributed by atoms with Crippen LogP contribution in [0.4, 0.5) is 4.39 Å². The highest BCUT2D eigenvalue weighted by Crippen LogP contribution is 2.32. The first-order valence-electron chi connectivity index (χ1n) is 4.89. The van der Waals surface area contributed by atoms with Gasteiger partial charge < -0.3 is 9.47 Å². The largest absolute Gasteiger partial charge is 0.490 e. The van der Waals surface area contributed by atoms with Crippen LogP contribution in [0.1, 0.15) is 19.4 Å². The van der Waals surface area contributed by atoms with Gasteiger partial charge in [-0.05, 0) is 26.0 Å². The molecule has 0 aliphatic carbocycles. The van der Waals surface area contributed by atoms with Crippen molar-refractivity contribution in [1.82, 2.24) is 0 Å². The van der Waals surface area contributed by atoms with Crippen molar-refractivity contribution < 1.29 is 19.0 Å². The second kappa shape index (κ2) is 5.56. The van der Waals surface area contributed by atoms with Gasteiger partial charge in [-0.25, -0.2) is 9.50 Å². The maximum atomic E-state index is 13.6. The first-order valence-corrected chi connectivity index (χ1v) is 4.89. The summed E-state index contributed by atoms with van der Waals surface area (Å²) in [6.45, 7) is 3.71. The lowest BCUT2D eigenvalue weighted by Crippen LogP contribution is -2.02. The fraction of sp³-hybridized carbons (Fsp3) is 0.455. The molecule has 83 valence electrons. The maximum absolute atomic E-state index is 13.6. The van der Waals surface area contributed by atoms with Crippen LogP contribution in [0.2, 0.25) is 0 Å². The quantitative estimate of drug-likeness (QED) is 0.753. The number of hydrogen-bond acceptors (Lipinski definition) is 2. The summed E-state index contributed by atoms with van der Waals surface area (Å²) in [5.41, 5.74) is 0.0990. The summed E-state index contributed by atoms with van der Waals surface area (Å²) in [4.78, 5) is 0. The summed E-state index contributed by atoms with van der Waals surface area (Å²) in [7, 11) is 0. The Morgan fingerprint density at radius 3 is 2.40 bits per heavy atom. The highest BCUT2D eigenvalue weighted by Gasteiger charge is 2.15. The number of benzene rings is 1. The van der Waals surface area contributed by atoms with E-state index in [9.17, 15) is 9.50 Å². The van der Waals surface area contributed by atoms with Gasteiger partial charge in [0.05, 0.1) is 13.2 Å². The zero-order valence-electron chi connectivity index (χ0n) is 8.88. The molecule has 4 heteroatoms. The summed E-state index contributed by atoms with van der Waals surface area (Å²) < 4.78 is 24.0. The van der Waals surface area contributed by atoms with E-state index >= 15 is 0 Å². The van der Waals surface area contributed by atoms with Crippen molar-refractivity contribution in [3.63, 3.8) is 0 Å². The minimum Gasteiger partial charge on any atom is -0.490 e. The molecule has 1 rings (SSSR count). The van der Waals surface area contributed by atoms with Crippen LogP contribution in [-0.2, 0) is 11.7 Å². The van der Waals surface area contributed by atoms with Gasteiger partial charge in [0, 0.05) is 5.56 Å². The minimum atomic E-state index is -0.613. The third-order valence-corrected chi connectivity index (χ3v) is 1.88. The van der Waals surface area contributed by atoms with E-state index in [0.717, 1.165) is 0 Å². The normalized spacial score (nSPS) is 10.1. The first-order chi connectivity index (χ1) is 7.24. The van der Waals surface area contributed by atoms with Gasteiger partial charge in [0.1, 0.15) is 6.61 Å².